The van der Waals surface area contributed by atoms with E-state index in [1.165, 1.54) is 30.5 Å². The molecule has 0 spiro atoms. The molecule has 1 aliphatic heterocycles. The summed E-state index contributed by atoms with van der Waals surface area (Å²) in [6, 6.07) is 8.24. The lowest BCUT2D eigenvalue weighted by atomic mass is 10.0. The van der Waals surface area contributed by atoms with Crippen LogP contribution in [-0.2, 0) is 9.63 Å². The Morgan fingerprint density at radius 3 is 2.62 bits per heavy atom. The molecule has 0 saturated heterocycles. The quantitative estimate of drug-likeness (QED) is 0.708. The van der Waals surface area contributed by atoms with Crippen LogP contribution in [0.1, 0.15) is 18.6 Å². The average molecular weight is 354 g/mol. The van der Waals surface area contributed by atoms with E-state index in [9.17, 15) is 14.7 Å². The molecule has 1 aromatic carbocycles. The third-order valence-electron chi connectivity index (χ3n) is 3.85. The predicted octanol–water partition coefficient (Wildman–Crippen LogP) is 1.50. The number of aliphatic imine (C=N–C) groups is 1. The average Bonchev–Trinajstić information content (AvgIpc) is 3.11. The molecule has 26 heavy (non-hydrogen) atoms. The van der Waals surface area contributed by atoms with Gasteiger partial charge < -0.3 is 9.94 Å². The van der Waals surface area contributed by atoms with E-state index < -0.39 is 12.1 Å². The summed E-state index contributed by atoms with van der Waals surface area (Å²) in [5.74, 6) is -0.0108. The Balaban J connectivity index is 1.60. The van der Waals surface area contributed by atoms with E-state index in [-0.39, 0.29) is 17.7 Å². The SMILES string of the molecule is CC(C(O)c1ccccc1)N1C=C(NC(=O)N=C2C=CC(=O)C=C2)ON1. The molecular formula is C18H18N4O4. The van der Waals surface area contributed by atoms with Gasteiger partial charge >= 0.3 is 6.03 Å². The number of ketones is 1. The second-order valence-electron chi connectivity index (χ2n) is 5.73. The minimum Gasteiger partial charge on any atom is -0.386 e. The molecule has 1 aliphatic carbocycles. The van der Waals surface area contributed by atoms with Crippen molar-refractivity contribution < 1.29 is 19.5 Å². The number of nitrogens with one attached hydrogen (secondary N) is 2. The van der Waals surface area contributed by atoms with Crippen molar-refractivity contribution >= 4 is 17.5 Å². The lowest BCUT2D eigenvalue weighted by molar-refractivity contribution is -0.110. The van der Waals surface area contributed by atoms with Crippen molar-refractivity contribution in [3.63, 3.8) is 0 Å². The van der Waals surface area contributed by atoms with Gasteiger partial charge in [0.1, 0.15) is 6.10 Å². The van der Waals surface area contributed by atoms with Gasteiger partial charge in [-0.3, -0.25) is 15.1 Å². The second kappa shape index (κ2) is 7.77. The van der Waals surface area contributed by atoms with Gasteiger partial charge in [-0.15, -0.1) is 0 Å². The normalized spacial score (nSPS) is 18.2. The molecule has 0 fully saturated rings. The van der Waals surface area contributed by atoms with E-state index in [2.05, 4.69) is 15.9 Å². The molecule has 2 aliphatic rings. The fraction of sp³-hybridized carbons (Fsp3) is 0.167. The van der Waals surface area contributed by atoms with Gasteiger partial charge in [0, 0.05) is 0 Å². The molecule has 0 aromatic heterocycles. The maximum atomic E-state index is 11.9. The second-order valence-corrected chi connectivity index (χ2v) is 5.73. The van der Waals surface area contributed by atoms with Crippen LogP contribution in [-0.4, -0.2) is 33.7 Å². The summed E-state index contributed by atoms with van der Waals surface area (Å²) < 4.78 is 0. The van der Waals surface area contributed by atoms with E-state index in [4.69, 9.17) is 4.84 Å². The van der Waals surface area contributed by atoms with Crippen LogP contribution in [0.4, 0.5) is 4.79 Å². The fourth-order valence-corrected chi connectivity index (χ4v) is 2.39. The third-order valence-corrected chi connectivity index (χ3v) is 3.85. The molecule has 134 valence electrons. The minimum atomic E-state index is -0.756. The number of rotatable bonds is 4. The molecule has 1 aromatic rings. The smallest absolute Gasteiger partial charge is 0.348 e. The lowest BCUT2D eigenvalue weighted by Gasteiger charge is -2.26. The van der Waals surface area contributed by atoms with Crippen molar-refractivity contribution in [1.82, 2.24) is 15.9 Å². The van der Waals surface area contributed by atoms with Crippen LogP contribution < -0.4 is 10.9 Å². The number of amides is 2. The number of aliphatic hydroxyl groups excluding tert-OH is 1. The highest BCUT2D eigenvalue weighted by Gasteiger charge is 2.26. The third kappa shape index (κ3) is 4.24. The Labute approximate surface area is 150 Å². The van der Waals surface area contributed by atoms with Gasteiger partial charge in [-0.25, -0.2) is 4.79 Å². The molecule has 2 unspecified atom stereocenters. The molecule has 0 bridgehead atoms. The van der Waals surface area contributed by atoms with Crippen LogP contribution in [0.5, 0.6) is 0 Å². The molecular weight excluding hydrogens is 336 g/mol. The van der Waals surface area contributed by atoms with Gasteiger partial charge in [-0.1, -0.05) is 35.9 Å². The predicted molar refractivity (Wildman–Crippen MR) is 94.3 cm³/mol. The number of carbonyl (C=O) groups is 2. The Hall–Kier alpha value is -3.23. The standard InChI is InChI=1S/C18H18N4O4/c1-12(17(24)13-5-3-2-4-6-13)22-11-16(26-21-22)20-18(25)19-14-7-9-15(23)10-8-14/h2-12,17,21,24H,1H3,(H,20,25). The van der Waals surface area contributed by atoms with Gasteiger partial charge in [-0.05, 0) is 36.8 Å². The number of carbonyl (C=O) groups excluding carboxylic acids is 2. The van der Waals surface area contributed by atoms with Crippen LogP contribution >= 0.6 is 0 Å². The lowest BCUT2D eigenvalue weighted by Crippen LogP contribution is -2.39. The number of hydrazine groups is 1. The maximum Gasteiger partial charge on any atom is 0.348 e. The van der Waals surface area contributed by atoms with Crippen molar-refractivity contribution in [2.24, 2.45) is 4.99 Å². The molecule has 2 atom stereocenters. The maximum absolute atomic E-state index is 11.9. The van der Waals surface area contributed by atoms with Crippen molar-refractivity contribution in [3.05, 3.63) is 72.3 Å². The van der Waals surface area contributed by atoms with Crippen molar-refractivity contribution in [2.45, 2.75) is 19.1 Å². The monoisotopic (exact) mass is 354 g/mol. The highest BCUT2D eigenvalue weighted by atomic mass is 16.7. The molecule has 0 radical (unpaired) electrons. The molecule has 2 amide bonds. The van der Waals surface area contributed by atoms with Crippen LogP contribution in [0.25, 0.3) is 0 Å². The van der Waals surface area contributed by atoms with Crippen molar-refractivity contribution in [2.75, 3.05) is 0 Å². The van der Waals surface area contributed by atoms with Crippen LogP contribution in [0.15, 0.2) is 71.7 Å². The summed E-state index contributed by atoms with van der Waals surface area (Å²) in [4.78, 5) is 31.9. The first-order valence-corrected chi connectivity index (χ1v) is 7.98. The summed E-state index contributed by atoms with van der Waals surface area (Å²) in [5, 5.41) is 14.5. The summed E-state index contributed by atoms with van der Waals surface area (Å²) in [7, 11) is 0. The Morgan fingerprint density at radius 2 is 1.92 bits per heavy atom. The number of aliphatic hydroxyl groups is 1. The van der Waals surface area contributed by atoms with E-state index in [1.807, 2.05) is 37.3 Å². The number of allylic oxidation sites excluding steroid dienone is 4. The first kappa shape index (κ1) is 17.6. The fourth-order valence-electron chi connectivity index (χ4n) is 2.39. The van der Waals surface area contributed by atoms with Crippen LogP contribution in [0.2, 0.25) is 0 Å². The number of hydrogen-bond acceptors (Lipinski definition) is 6. The van der Waals surface area contributed by atoms with Crippen LogP contribution in [0.3, 0.4) is 0 Å². The zero-order chi connectivity index (χ0) is 18.5. The van der Waals surface area contributed by atoms with Crippen LogP contribution in [0, 0.1) is 0 Å². The minimum absolute atomic E-state index is 0.145. The Morgan fingerprint density at radius 1 is 1.23 bits per heavy atom. The van der Waals surface area contributed by atoms with Crippen molar-refractivity contribution in [1.29, 1.82) is 0 Å². The van der Waals surface area contributed by atoms with Crippen molar-refractivity contribution in [3.8, 4) is 0 Å². The largest absolute Gasteiger partial charge is 0.386 e. The van der Waals surface area contributed by atoms with Gasteiger partial charge in [0.2, 0.25) is 5.88 Å². The Bertz CT molecular complexity index is 796. The van der Waals surface area contributed by atoms with Gasteiger partial charge in [0.25, 0.3) is 0 Å². The Kier molecular flexibility index (Phi) is 5.26. The summed E-state index contributed by atoms with van der Waals surface area (Å²) in [5.41, 5.74) is 3.74. The van der Waals surface area contributed by atoms with Gasteiger partial charge in [0.05, 0.1) is 18.0 Å². The van der Waals surface area contributed by atoms with Gasteiger partial charge in [-0.2, -0.15) is 4.99 Å². The first-order valence-electron chi connectivity index (χ1n) is 7.98. The number of benzene rings is 1. The molecule has 8 nitrogen and oxygen atoms in total. The van der Waals surface area contributed by atoms with E-state index in [1.54, 1.807) is 5.01 Å². The molecule has 0 saturated carbocycles. The molecule has 3 rings (SSSR count). The van der Waals surface area contributed by atoms with E-state index in [0.29, 0.717) is 5.71 Å². The van der Waals surface area contributed by atoms with Gasteiger partial charge in [0.15, 0.2) is 5.78 Å². The topological polar surface area (TPSA) is 103 Å². The van der Waals surface area contributed by atoms with E-state index in [0.717, 1.165) is 5.56 Å². The molecule has 1 heterocycles. The molecule has 8 heteroatoms. The summed E-state index contributed by atoms with van der Waals surface area (Å²) in [6.45, 7) is 1.81. The highest BCUT2D eigenvalue weighted by molar-refractivity contribution is 6.18. The highest BCUT2D eigenvalue weighted by Crippen LogP contribution is 2.22. The summed E-state index contributed by atoms with van der Waals surface area (Å²) >= 11 is 0. The summed E-state index contributed by atoms with van der Waals surface area (Å²) in [6.07, 6.45) is 6.32. The molecule has 3 N–H and O–H groups in total. The zero-order valence-electron chi connectivity index (χ0n) is 14.0. The van der Waals surface area contributed by atoms with E-state index >= 15 is 0 Å². The number of nitrogens with zero attached hydrogens (tertiary/aromatic N) is 2. The first-order chi connectivity index (χ1) is 12.5. The zero-order valence-corrected chi connectivity index (χ0v) is 14.0. The number of hydrogen-bond donors (Lipinski definition) is 3. The number of urea groups is 1.